The van der Waals surface area contributed by atoms with E-state index >= 15 is 0 Å². The van der Waals surface area contributed by atoms with E-state index in [1.54, 1.807) is 45.0 Å². The first-order valence-corrected chi connectivity index (χ1v) is 5.47. The van der Waals surface area contributed by atoms with Gasteiger partial charge in [0.2, 0.25) is 0 Å². The van der Waals surface area contributed by atoms with Crippen molar-refractivity contribution >= 4 is 16.9 Å². The number of carbonyl (C=O) groups excluding carboxylic acids is 1. The molecule has 1 aromatic carbocycles. The highest BCUT2D eigenvalue weighted by molar-refractivity contribution is 5.77. The summed E-state index contributed by atoms with van der Waals surface area (Å²) in [5.41, 5.74) is -0.754. The first-order chi connectivity index (χ1) is 8.39. The Morgan fingerprint density at radius 2 is 1.94 bits per heavy atom. The van der Waals surface area contributed by atoms with Gasteiger partial charge in [-0.2, -0.15) is 0 Å². The van der Waals surface area contributed by atoms with Gasteiger partial charge in [0.15, 0.2) is 0 Å². The predicted octanol–water partition coefficient (Wildman–Crippen LogP) is 0.793. The summed E-state index contributed by atoms with van der Waals surface area (Å²) in [7, 11) is 0. The Kier molecular flexibility index (Phi) is 2.86. The van der Waals surface area contributed by atoms with Crippen LogP contribution >= 0.6 is 0 Å². The molecule has 0 aliphatic heterocycles. The van der Waals surface area contributed by atoms with Crippen molar-refractivity contribution < 1.29 is 9.63 Å². The maximum absolute atomic E-state index is 12.0. The zero-order valence-electron chi connectivity index (χ0n) is 10.4. The molecule has 6 nitrogen and oxygen atoms in total. The quantitative estimate of drug-likeness (QED) is 0.696. The van der Waals surface area contributed by atoms with E-state index in [-0.39, 0.29) is 0 Å². The lowest BCUT2D eigenvalue weighted by Gasteiger charge is -2.15. The average Bonchev–Trinajstić information content (AvgIpc) is 2.32. The van der Waals surface area contributed by atoms with Gasteiger partial charge in [-0.25, -0.2) is 4.79 Å². The molecule has 0 spiro atoms. The highest BCUT2D eigenvalue weighted by Crippen LogP contribution is 2.13. The van der Waals surface area contributed by atoms with Crippen LogP contribution in [0.2, 0.25) is 0 Å². The molecule has 0 saturated heterocycles. The summed E-state index contributed by atoms with van der Waals surface area (Å²) in [4.78, 5) is 29.2. The number of aromatic nitrogens is 3. The average molecular weight is 247 g/mol. The zero-order valence-corrected chi connectivity index (χ0v) is 10.4. The van der Waals surface area contributed by atoms with Crippen LogP contribution in [0.3, 0.4) is 0 Å². The molecule has 2 rings (SSSR count). The molecule has 0 aliphatic rings. The second kappa shape index (κ2) is 4.21. The lowest BCUT2D eigenvalue weighted by atomic mass is 9.98. The second-order valence-corrected chi connectivity index (χ2v) is 4.91. The Bertz CT molecular complexity index is 655. The summed E-state index contributed by atoms with van der Waals surface area (Å²) in [5.74, 6) is -0.547. The molecule has 0 N–H and O–H groups in total. The van der Waals surface area contributed by atoms with Crippen LogP contribution in [0.1, 0.15) is 20.8 Å². The van der Waals surface area contributed by atoms with E-state index in [1.165, 1.54) is 0 Å². The summed E-state index contributed by atoms with van der Waals surface area (Å²) in [6.07, 6.45) is 0. The van der Waals surface area contributed by atoms with Gasteiger partial charge in [-0.1, -0.05) is 12.1 Å². The lowest BCUT2D eigenvalue weighted by Crippen LogP contribution is -2.38. The van der Waals surface area contributed by atoms with Crippen LogP contribution in [-0.2, 0) is 4.79 Å². The van der Waals surface area contributed by atoms with Gasteiger partial charge in [0.1, 0.15) is 5.52 Å². The minimum atomic E-state index is -0.716. The van der Waals surface area contributed by atoms with Crippen LogP contribution in [-0.4, -0.2) is 21.1 Å². The summed E-state index contributed by atoms with van der Waals surface area (Å²) in [6, 6.07) is 6.73. The molecule has 1 heterocycles. The van der Waals surface area contributed by atoms with Crippen molar-refractivity contribution in [2.45, 2.75) is 20.8 Å². The van der Waals surface area contributed by atoms with Crippen LogP contribution in [0.25, 0.3) is 10.9 Å². The molecule has 0 unspecified atom stereocenters. The van der Waals surface area contributed by atoms with E-state index in [9.17, 15) is 9.59 Å². The SMILES string of the molecule is CC(C)(C)C(=O)On1nnc2ccccc2c1=O. The third-order valence-corrected chi connectivity index (χ3v) is 2.32. The van der Waals surface area contributed by atoms with Crippen molar-refractivity contribution in [1.29, 1.82) is 0 Å². The van der Waals surface area contributed by atoms with E-state index in [0.717, 1.165) is 0 Å². The van der Waals surface area contributed by atoms with E-state index in [2.05, 4.69) is 10.3 Å². The van der Waals surface area contributed by atoms with Crippen molar-refractivity contribution in [3.8, 4) is 0 Å². The van der Waals surface area contributed by atoms with E-state index in [1.807, 2.05) is 0 Å². The van der Waals surface area contributed by atoms with Gasteiger partial charge in [-0.3, -0.25) is 4.79 Å². The molecule has 94 valence electrons. The van der Waals surface area contributed by atoms with Gasteiger partial charge in [0.25, 0.3) is 0 Å². The number of hydrogen-bond donors (Lipinski definition) is 0. The molecule has 1 aromatic heterocycles. The molecule has 18 heavy (non-hydrogen) atoms. The molecular formula is C12H13N3O3. The minimum absolute atomic E-state index is 0.356. The Morgan fingerprint density at radius 1 is 1.28 bits per heavy atom. The van der Waals surface area contributed by atoms with E-state index in [4.69, 9.17) is 4.84 Å². The number of fused-ring (bicyclic) bond motifs is 1. The molecule has 0 bridgehead atoms. The van der Waals surface area contributed by atoms with Crippen LogP contribution in [0.5, 0.6) is 0 Å². The van der Waals surface area contributed by atoms with Gasteiger partial charge >= 0.3 is 11.5 Å². The molecule has 0 radical (unpaired) electrons. The van der Waals surface area contributed by atoms with Crippen molar-refractivity contribution in [2.24, 2.45) is 5.41 Å². The normalized spacial score (nSPS) is 11.5. The molecule has 2 aromatic rings. The summed E-state index contributed by atoms with van der Waals surface area (Å²) < 4.78 is 0. The third-order valence-electron chi connectivity index (χ3n) is 2.32. The number of benzene rings is 1. The van der Waals surface area contributed by atoms with Crippen molar-refractivity contribution in [3.05, 3.63) is 34.6 Å². The zero-order chi connectivity index (χ0) is 13.3. The second-order valence-electron chi connectivity index (χ2n) is 4.91. The molecule has 0 amide bonds. The van der Waals surface area contributed by atoms with Gasteiger partial charge in [0.05, 0.1) is 10.8 Å². The van der Waals surface area contributed by atoms with Gasteiger partial charge in [-0.15, -0.1) is 5.10 Å². The third kappa shape index (κ3) is 2.22. The van der Waals surface area contributed by atoms with E-state index in [0.29, 0.717) is 15.7 Å². The minimum Gasteiger partial charge on any atom is -0.313 e. The topological polar surface area (TPSA) is 74.1 Å². The fourth-order valence-corrected chi connectivity index (χ4v) is 1.25. The molecule has 0 saturated carbocycles. The summed E-state index contributed by atoms with van der Waals surface area (Å²) >= 11 is 0. The fraction of sp³-hybridized carbons (Fsp3) is 0.333. The Balaban J connectivity index is 2.45. The fourth-order valence-electron chi connectivity index (χ4n) is 1.25. The highest BCUT2D eigenvalue weighted by atomic mass is 16.7. The summed E-state index contributed by atoms with van der Waals surface area (Å²) in [6.45, 7) is 5.07. The van der Waals surface area contributed by atoms with Crippen LogP contribution in [0, 0.1) is 5.41 Å². The Hall–Kier alpha value is -2.24. The monoisotopic (exact) mass is 247 g/mol. The van der Waals surface area contributed by atoms with Gasteiger partial charge in [0, 0.05) is 0 Å². The first kappa shape index (κ1) is 12.2. The van der Waals surface area contributed by atoms with Gasteiger partial charge in [-0.05, 0) is 43.0 Å². The van der Waals surface area contributed by atoms with Crippen molar-refractivity contribution in [2.75, 3.05) is 0 Å². The van der Waals surface area contributed by atoms with Crippen LogP contribution < -0.4 is 10.4 Å². The summed E-state index contributed by atoms with van der Waals surface area (Å²) in [5, 5.41) is 7.74. The maximum Gasteiger partial charge on any atom is 0.340 e. The Morgan fingerprint density at radius 3 is 2.61 bits per heavy atom. The molecule has 0 atom stereocenters. The predicted molar refractivity (Wildman–Crippen MR) is 64.8 cm³/mol. The van der Waals surface area contributed by atoms with Crippen molar-refractivity contribution in [3.63, 3.8) is 0 Å². The molecular weight excluding hydrogens is 234 g/mol. The number of hydrogen-bond acceptors (Lipinski definition) is 5. The standard InChI is InChI=1S/C12H13N3O3/c1-12(2,3)11(17)18-15-10(16)8-6-4-5-7-9(8)13-14-15/h4-7H,1-3H3. The smallest absolute Gasteiger partial charge is 0.313 e. The number of carbonyl (C=O) groups is 1. The Labute approximate surface area is 103 Å². The van der Waals surface area contributed by atoms with Crippen LogP contribution in [0.15, 0.2) is 29.1 Å². The molecule has 0 fully saturated rings. The van der Waals surface area contributed by atoms with Crippen molar-refractivity contribution in [1.82, 2.24) is 15.2 Å². The van der Waals surface area contributed by atoms with E-state index < -0.39 is 16.9 Å². The number of nitrogens with zero attached hydrogens (tertiary/aromatic N) is 3. The number of rotatable bonds is 1. The largest absolute Gasteiger partial charge is 0.340 e. The van der Waals surface area contributed by atoms with Crippen LogP contribution in [0.4, 0.5) is 0 Å². The van der Waals surface area contributed by atoms with Gasteiger partial charge < -0.3 is 4.84 Å². The molecule has 6 heteroatoms. The maximum atomic E-state index is 12.0. The lowest BCUT2D eigenvalue weighted by molar-refractivity contribution is -0.156. The first-order valence-electron chi connectivity index (χ1n) is 5.47. The molecule has 0 aliphatic carbocycles. The highest BCUT2D eigenvalue weighted by Gasteiger charge is 2.25.